The average molecular weight is 305 g/mol. The van der Waals surface area contributed by atoms with Gasteiger partial charge in [-0.25, -0.2) is 0 Å². The average Bonchev–Trinajstić information content (AvgIpc) is 2.98. The summed E-state index contributed by atoms with van der Waals surface area (Å²) in [4.78, 5) is 16.4. The molecule has 1 unspecified atom stereocenters. The fourth-order valence-electron chi connectivity index (χ4n) is 2.82. The van der Waals surface area contributed by atoms with E-state index in [1.807, 2.05) is 43.6 Å². The fourth-order valence-corrected chi connectivity index (χ4v) is 2.82. The lowest BCUT2D eigenvalue weighted by atomic mass is 10.0. The number of fused-ring (bicyclic) bond motifs is 1. The van der Waals surface area contributed by atoms with Crippen LogP contribution in [0.1, 0.15) is 22.1 Å². The van der Waals surface area contributed by atoms with E-state index in [-0.39, 0.29) is 12.1 Å². The molecule has 2 N–H and O–H groups in total. The molecule has 0 saturated carbocycles. The van der Waals surface area contributed by atoms with E-state index in [4.69, 9.17) is 0 Å². The molecule has 23 heavy (non-hydrogen) atoms. The minimum Gasteiger partial charge on any atom is -0.361 e. The number of para-hydroxylation sites is 1. The molecule has 0 bridgehead atoms. The Labute approximate surface area is 133 Å². The van der Waals surface area contributed by atoms with E-state index in [0.29, 0.717) is 5.56 Å². The Morgan fingerprint density at radius 1 is 1.09 bits per heavy atom. The van der Waals surface area contributed by atoms with Gasteiger partial charge in [-0.3, -0.25) is 14.5 Å². The highest BCUT2D eigenvalue weighted by Crippen LogP contribution is 2.31. The third-order valence-electron chi connectivity index (χ3n) is 3.87. The normalized spacial score (nSPS) is 16.4. The maximum Gasteiger partial charge on any atom is 0.255 e. The summed E-state index contributed by atoms with van der Waals surface area (Å²) >= 11 is 0. The first-order valence-corrected chi connectivity index (χ1v) is 7.33. The van der Waals surface area contributed by atoms with Gasteiger partial charge < -0.3 is 10.6 Å². The summed E-state index contributed by atoms with van der Waals surface area (Å²) in [6.45, 7) is 0. The van der Waals surface area contributed by atoms with E-state index in [9.17, 15) is 4.79 Å². The van der Waals surface area contributed by atoms with E-state index in [0.717, 1.165) is 22.5 Å². The topological polar surface area (TPSA) is 71.8 Å². The Morgan fingerprint density at radius 3 is 2.70 bits per heavy atom. The first-order chi connectivity index (χ1) is 11.2. The van der Waals surface area contributed by atoms with Gasteiger partial charge in [0.2, 0.25) is 0 Å². The minimum absolute atomic E-state index is 0.0890. The van der Waals surface area contributed by atoms with Crippen LogP contribution in [0.5, 0.6) is 0 Å². The Balaban J connectivity index is 1.77. The molecule has 114 valence electrons. The van der Waals surface area contributed by atoms with Crippen molar-refractivity contribution in [2.75, 3.05) is 5.32 Å². The predicted octanol–water partition coefficient (Wildman–Crippen LogP) is 2.34. The van der Waals surface area contributed by atoms with Crippen molar-refractivity contribution in [2.24, 2.45) is 7.05 Å². The Kier molecular flexibility index (Phi) is 3.08. The van der Waals surface area contributed by atoms with Gasteiger partial charge in [-0.05, 0) is 24.3 Å². The summed E-state index contributed by atoms with van der Waals surface area (Å²) in [6, 6.07) is 11.3. The zero-order valence-electron chi connectivity index (χ0n) is 12.5. The number of amides is 1. The maximum absolute atomic E-state index is 12.3. The molecular weight excluding hydrogens is 290 g/mol. The standard InChI is InChI=1S/C17H15N5O/c1-22-10-13(15(21-22)11-6-8-18-9-7-11)16-19-14-5-3-2-4-12(14)17(23)20-16/h2-10,16,19H,1H3,(H,20,23). The van der Waals surface area contributed by atoms with Crippen LogP contribution in [0.3, 0.4) is 0 Å². The van der Waals surface area contributed by atoms with Gasteiger partial charge in [0, 0.05) is 42.5 Å². The van der Waals surface area contributed by atoms with E-state index < -0.39 is 0 Å². The van der Waals surface area contributed by atoms with Gasteiger partial charge in [0.1, 0.15) is 6.17 Å². The van der Waals surface area contributed by atoms with E-state index >= 15 is 0 Å². The number of carbonyl (C=O) groups excluding carboxylic acids is 1. The zero-order valence-corrected chi connectivity index (χ0v) is 12.5. The van der Waals surface area contributed by atoms with Gasteiger partial charge in [0.05, 0.1) is 11.3 Å². The number of aryl methyl sites for hydroxylation is 1. The Morgan fingerprint density at radius 2 is 1.87 bits per heavy atom. The van der Waals surface area contributed by atoms with Crippen molar-refractivity contribution in [1.82, 2.24) is 20.1 Å². The molecule has 0 fully saturated rings. The van der Waals surface area contributed by atoms with Crippen LogP contribution in [0, 0.1) is 0 Å². The van der Waals surface area contributed by atoms with E-state index in [1.54, 1.807) is 23.1 Å². The number of nitrogens with zero attached hydrogens (tertiary/aromatic N) is 3. The first-order valence-electron chi connectivity index (χ1n) is 7.33. The number of hydrogen-bond acceptors (Lipinski definition) is 4. The number of hydrogen-bond donors (Lipinski definition) is 2. The molecule has 0 spiro atoms. The highest BCUT2D eigenvalue weighted by molar-refractivity contribution is 6.01. The highest BCUT2D eigenvalue weighted by Gasteiger charge is 2.27. The summed E-state index contributed by atoms with van der Waals surface area (Å²) in [5.41, 5.74) is 4.18. The van der Waals surface area contributed by atoms with Gasteiger partial charge in [-0.15, -0.1) is 0 Å². The predicted molar refractivity (Wildman–Crippen MR) is 86.7 cm³/mol. The van der Waals surface area contributed by atoms with Crippen LogP contribution >= 0.6 is 0 Å². The zero-order chi connectivity index (χ0) is 15.8. The number of nitrogens with one attached hydrogen (secondary N) is 2. The second kappa shape index (κ2) is 5.24. The maximum atomic E-state index is 12.3. The smallest absolute Gasteiger partial charge is 0.255 e. The molecule has 6 heteroatoms. The summed E-state index contributed by atoms with van der Waals surface area (Å²) in [5, 5.41) is 10.9. The molecule has 1 amide bonds. The minimum atomic E-state index is -0.325. The lowest BCUT2D eigenvalue weighted by molar-refractivity contribution is 0.0936. The van der Waals surface area contributed by atoms with Gasteiger partial charge in [0.25, 0.3) is 5.91 Å². The van der Waals surface area contributed by atoms with Crippen LogP contribution in [-0.2, 0) is 7.05 Å². The fraction of sp³-hybridized carbons (Fsp3) is 0.118. The van der Waals surface area contributed by atoms with Crippen molar-refractivity contribution in [3.63, 3.8) is 0 Å². The molecule has 1 atom stereocenters. The second-order valence-electron chi connectivity index (χ2n) is 5.44. The lowest BCUT2D eigenvalue weighted by Gasteiger charge is -2.27. The summed E-state index contributed by atoms with van der Waals surface area (Å²) in [5.74, 6) is -0.0890. The van der Waals surface area contributed by atoms with Gasteiger partial charge in [0.15, 0.2) is 0 Å². The third-order valence-corrected chi connectivity index (χ3v) is 3.87. The van der Waals surface area contributed by atoms with Crippen LogP contribution in [0.25, 0.3) is 11.3 Å². The molecule has 0 saturated heterocycles. The van der Waals surface area contributed by atoms with Gasteiger partial charge in [-0.1, -0.05) is 12.1 Å². The molecule has 2 aromatic heterocycles. The number of aromatic nitrogens is 3. The summed E-state index contributed by atoms with van der Waals surface area (Å²) in [7, 11) is 1.87. The van der Waals surface area contributed by atoms with Crippen LogP contribution in [0.4, 0.5) is 5.69 Å². The molecule has 1 aromatic carbocycles. The van der Waals surface area contributed by atoms with Crippen molar-refractivity contribution in [3.05, 3.63) is 66.1 Å². The van der Waals surface area contributed by atoms with E-state index in [1.165, 1.54) is 0 Å². The SMILES string of the molecule is Cn1cc(C2NC(=O)c3ccccc3N2)c(-c2ccncc2)n1. The Bertz CT molecular complexity index is 872. The van der Waals surface area contributed by atoms with Crippen molar-refractivity contribution in [1.29, 1.82) is 0 Å². The van der Waals surface area contributed by atoms with Crippen LogP contribution in [0.2, 0.25) is 0 Å². The third kappa shape index (κ3) is 2.34. The van der Waals surface area contributed by atoms with Gasteiger partial charge >= 0.3 is 0 Å². The molecule has 3 aromatic rings. The van der Waals surface area contributed by atoms with Crippen molar-refractivity contribution in [2.45, 2.75) is 6.17 Å². The van der Waals surface area contributed by atoms with Crippen LogP contribution in [-0.4, -0.2) is 20.7 Å². The molecule has 1 aliphatic rings. The summed E-state index contributed by atoms with van der Waals surface area (Å²) in [6.07, 6.45) is 5.06. The number of pyridine rings is 1. The van der Waals surface area contributed by atoms with Crippen molar-refractivity contribution in [3.8, 4) is 11.3 Å². The molecular formula is C17H15N5O. The largest absolute Gasteiger partial charge is 0.361 e. The van der Waals surface area contributed by atoms with Crippen LogP contribution in [0.15, 0.2) is 55.0 Å². The molecule has 4 rings (SSSR count). The van der Waals surface area contributed by atoms with Gasteiger partial charge in [-0.2, -0.15) is 5.10 Å². The molecule has 0 radical (unpaired) electrons. The summed E-state index contributed by atoms with van der Waals surface area (Å²) < 4.78 is 1.75. The lowest BCUT2D eigenvalue weighted by Crippen LogP contribution is -2.38. The molecule has 0 aliphatic carbocycles. The van der Waals surface area contributed by atoms with E-state index in [2.05, 4.69) is 20.7 Å². The first kappa shape index (κ1) is 13.5. The number of benzene rings is 1. The Hall–Kier alpha value is -3.15. The number of carbonyl (C=O) groups is 1. The second-order valence-corrected chi connectivity index (χ2v) is 5.44. The van der Waals surface area contributed by atoms with Crippen molar-refractivity contribution >= 4 is 11.6 Å². The monoisotopic (exact) mass is 305 g/mol. The molecule has 1 aliphatic heterocycles. The molecule has 3 heterocycles. The quantitative estimate of drug-likeness (QED) is 0.762. The molecule has 6 nitrogen and oxygen atoms in total. The highest BCUT2D eigenvalue weighted by atomic mass is 16.2. The van der Waals surface area contributed by atoms with Crippen LogP contribution < -0.4 is 10.6 Å². The number of anilines is 1. The number of rotatable bonds is 2. The van der Waals surface area contributed by atoms with Crippen molar-refractivity contribution < 1.29 is 4.79 Å².